The molecular formula is C32H33ClN4O3. The summed E-state index contributed by atoms with van der Waals surface area (Å²) >= 11 is 6.22. The molecule has 1 aliphatic rings. The monoisotopic (exact) mass is 556 g/mol. The fourth-order valence-electron chi connectivity index (χ4n) is 5.27. The molecule has 206 valence electrons. The number of fused-ring (bicyclic) bond motifs is 1. The smallest absolute Gasteiger partial charge is 0.321 e. The first-order chi connectivity index (χ1) is 19.2. The van der Waals surface area contributed by atoms with E-state index in [1.54, 1.807) is 32.6 Å². The number of aromatic nitrogens is 2. The zero-order valence-electron chi connectivity index (χ0n) is 23.0. The summed E-state index contributed by atoms with van der Waals surface area (Å²) in [6.45, 7) is 7.09. The van der Waals surface area contributed by atoms with Crippen LogP contribution >= 0.6 is 11.6 Å². The molecule has 1 atom stereocenters. The highest BCUT2D eigenvalue weighted by atomic mass is 35.5. The van der Waals surface area contributed by atoms with Gasteiger partial charge in [0.25, 0.3) is 5.56 Å². The molecule has 2 amide bonds. The summed E-state index contributed by atoms with van der Waals surface area (Å²) in [6.07, 6.45) is 0.436. The first-order valence-electron chi connectivity index (χ1n) is 13.6. The molecule has 1 aliphatic heterocycles. The third-order valence-corrected chi connectivity index (χ3v) is 7.73. The van der Waals surface area contributed by atoms with Crippen molar-refractivity contribution in [3.8, 4) is 0 Å². The first-order valence-corrected chi connectivity index (χ1v) is 14.0. The van der Waals surface area contributed by atoms with Gasteiger partial charge in [-0.05, 0) is 56.5 Å². The Bertz CT molecular complexity index is 1600. The highest BCUT2D eigenvalue weighted by molar-refractivity contribution is 6.31. The van der Waals surface area contributed by atoms with Gasteiger partial charge in [-0.25, -0.2) is 9.78 Å². The minimum atomic E-state index is -0.624. The predicted molar refractivity (Wildman–Crippen MR) is 158 cm³/mol. The van der Waals surface area contributed by atoms with Gasteiger partial charge in [0.2, 0.25) is 0 Å². The second-order valence-corrected chi connectivity index (χ2v) is 11.1. The number of ketones is 1. The van der Waals surface area contributed by atoms with Crippen LogP contribution in [0.4, 0.5) is 4.79 Å². The molecule has 1 unspecified atom stereocenters. The molecule has 0 radical (unpaired) electrons. The number of amides is 2. The highest BCUT2D eigenvalue weighted by Crippen LogP contribution is 2.24. The first kappa shape index (κ1) is 27.6. The van der Waals surface area contributed by atoms with E-state index in [1.807, 2.05) is 75.4 Å². The van der Waals surface area contributed by atoms with Crippen LogP contribution in [0.2, 0.25) is 5.02 Å². The maximum absolute atomic E-state index is 14.0. The van der Waals surface area contributed by atoms with E-state index in [1.165, 1.54) is 0 Å². The van der Waals surface area contributed by atoms with Crippen LogP contribution in [0.3, 0.4) is 0 Å². The molecule has 0 N–H and O–H groups in total. The number of benzene rings is 3. The molecule has 5 rings (SSSR count). The predicted octanol–water partition coefficient (Wildman–Crippen LogP) is 5.62. The number of carbonyl (C=O) groups is 2. The molecule has 1 fully saturated rings. The Balaban J connectivity index is 1.51. The van der Waals surface area contributed by atoms with Crippen LogP contribution in [0.15, 0.2) is 77.6 Å². The van der Waals surface area contributed by atoms with E-state index < -0.39 is 6.04 Å². The number of halogens is 1. The van der Waals surface area contributed by atoms with Gasteiger partial charge in [-0.3, -0.25) is 14.2 Å². The number of rotatable bonds is 8. The fourth-order valence-corrected chi connectivity index (χ4v) is 5.44. The SMILES string of the molecule is Cc1ccc(CN2C(=O)N(C(C)C)CCC2C(=O)Cc2nc3cc(Cl)ccc3c(=O)n2Cc2ccccc2)cc1. The van der Waals surface area contributed by atoms with E-state index in [4.69, 9.17) is 16.6 Å². The van der Waals surface area contributed by atoms with Gasteiger partial charge in [0.05, 0.1) is 29.9 Å². The Kier molecular flexibility index (Phi) is 8.03. The average Bonchev–Trinajstić information content (AvgIpc) is 2.93. The van der Waals surface area contributed by atoms with Crippen LogP contribution in [0, 0.1) is 6.92 Å². The molecule has 2 heterocycles. The van der Waals surface area contributed by atoms with Gasteiger partial charge in [0.15, 0.2) is 5.78 Å². The highest BCUT2D eigenvalue weighted by Gasteiger charge is 2.38. The van der Waals surface area contributed by atoms with Crippen LogP contribution in [0.1, 0.15) is 42.8 Å². The van der Waals surface area contributed by atoms with Crippen LogP contribution in [0.25, 0.3) is 10.9 Å². The molecule has 4 aromatic rings. The van der Waals surface area contributed by atoms with E-state index in [0.717, 1.165) is 16.7 Å². The van der Waals surface area contributed by atoms with E-state index >= 15 is 0 Å². The number of urea groups is 1. The van der Waals surface area contributed by atoms with Crippen LogP contribution in [-0.4, -0.2) is 49.8 Å². The summed E-state index contributed by atoms with van der Waals surface area (Å²) in [5.74, 6) is 0.224. The minimum absolute atomic E-state index is 0.0204. The molecule has 7 nitrogen and oxygen atoms in total. The number of aryl methyl sites for hydroxylation is 1. The molecule has 0 spiro atoms. The van der Waals surface area contributed by atoms with Crippen LogP contribution in [-0.2, 0) is 24.3 Å². The zero-order chi connectivity index (χ0) is 28.4. The van der Waals surface area contributed by atoms with Crippen molar-refractivity contribution in [1.29, 1.82) is 0 Å². The molecular weight excluding hydrogens is 524 g/mol. The average molecular weight is 557 g/mol. The van der Waals surface area contributed by atoms with Gasteiger partial charge in [0, 0.05) is 24.2 Å². The summed E-state index contributed by atoms with van der Waals surface area (Å²) in [5, 5.41) is 0.909. The summed E-state index contributed by atoms with van der Waals surface area (Å²) in [5.41, 5.74) is 3.24. The standard InChI is InChI=1S/C32H33ClN4O3/c1-21(2)35-16-15-28(36(32(35)40)19-24-11-9-22(3)10-12-24)29(38)18-30-34-27-17-25(33)13-14-26(27)31(39)37(30)20-23-7-5-4-6-8-23/h4-14,17,21,28H,15-16,18-20H2,1-3H3. The lowest BCUT2D eigenvalue weighted by Gasteiger charge is -2.42. The second kappa shape index (κ2) is 11.6. The molecule has 40 heavy (non-hydrogen) atoms. The van der Waals surface area contributed by atoms with Gasteiger partial charge in [-0.2, -0.15) is 0 Å². The molecule has 0 saturated carbocycles. The molecule has 8 heteroatoms. The molecule has 1 aromatic heterocycles. The van der Waals surface area contributed by atoms with E-state index in [-0.39, 0.29) is 36.4 Å². The quantitative estimate of drug-likeness (QED) is 0.282. The topological polar surface area (TPSA) is 75.5 Å². The number of carbonyl (C=O) groups excluding carboxylic acids is 2. The number of hydrogen-bond donors (Lipinski definition) is 0. The minimum Gasteiger partial charge on any atom is -0.322 e. The van der Waals surface area contributed by atoms with E-state index in [2.05, 4.69) is 0 Å². The van der Waals surface area contributed by atoms with Crippen molar-refractivity contribution in [1.82, 2.24) is 19.4 Å². The fraction of sp³-hybridized carbons (Fsp3) is 0.312. The third kappa shape index (κ3) is 5.80. The van der Waals surface area contributed by atoms with Gasteiger partial charge < -0.3 is 9.80 Å². The van der Waals surface area contributed by atoms with Crippen molar-refractivity contribution in [2.75, 3.05) is 6.54 Å². The lowest BCUT2D eigenvalue weighted by Crippen LogP contribution is -2.58. The van der Waals surface area contributed by atoms with Gasteiger partial charge in [0.1, 0.15) is 5.82 Å². The number of nitrogens with zero attached hydrogens (tertiary/aromatic N) is 4. The Morgan fingerprint density at radius 3 is 2.38 bits per heavy atom. The second-order valence-electron chi connectivity index (χ2n) is 10.7. The Labute approximate surface area is 239 Å². The van der Waals surface area contributed by atoms with Crippen molar-refractivity contribution in [2.24, 2.45) is 0 Å². The van der Waals surface area contributed by atoms with E-state index in [9.17, 15) is 14.4 Å². The van der Waals surface area contributed by atoms with E-state index in [0.29, 0.717) is 41.3 Å². The zero-order valence-corrected chi connectivity index (χ0v) is 23.8. The summed E-state index contributed by atoms with van der Waals surface area (Å²) in [6, 6.07) is 21.8. The summed E-state index contributed by atoms with van der Waals surface area (Å²) in [4.78, 5) is 49.4. The Morgan fingerprint density at radius 1 is 0.975 bits per heavy atom. The van der Waals surface area contributed by atoms with Crippen LogP contribution < -0.4 is 5.56 Å². The van der Waals surface area contributed by atoms with Crippen LogP contribution in [0.5, 0.6) is 0 Å². The van der Waals surface area contributed by atoms with Gasteiger partial charge in [-0.15, -0.1) is 0 Å². The Morgan fingerprint density at radius 2 is 1.68 bits per heavy atom. The molecule has 3 aromatic carbocycles. The number of Topliss-reactive ketones (excluding diaryl/α,β-unsaturated/α-hetero) is 1. The maximum Gasteiger partial charge on any atom is 0.321 e. The Hall–Kier alpha value is -3.97. The van der Waals surface area contributed by atoms with Gasteiger partial charge >= 0.3 is 6.03 Å². The maximum atomic E-state index is 14.0. The molecule has 1 saturated heterocycles. The molecule has 0 aliphatic carbocycles. The largest absolute Gasteiger partial charge is 0.322 e. The molecule has 0 bridgehead atoms. The van der Waals surface area contributed by atoms with Crippen molar-refractivity contribution in [3.63, 3.8) is 0 Å². The van der Waals surface area contributed by atoms with Crippen molar-refractivity contribution >= 4 is 34.3 Å². The van der Waals surface area contributed by atoms with Crippen molar-refractivity contribution in [2.45, 2.75) is 58.8 Å². The lowest BCUT2D eigenvalue weighted by molar-refractivity contribution is -0.124. The lowest BCUT2D eigenvalue weighted by atomic mass is 9.99. The van der Waals surface area contributed by atoms with Crippen molar-refractivity contribution in [3.05, 3.63) is 111 Å². The third-order valence-electron chi connectivity index (χ3n) is 7.49. The summed E-state index contributed by atoms with van der Waals surface area (Å²) < 4.78 is 1.57. The van der Waals surface area contributed by atoms with Crippen molar-refractivity contribution < 1.29 is 9.59 Å². The summed E-state index contributed by atoms with van der Waals surface area (Å²) in [7, 11) is 0. The van der Waals surface area contributed by atoms with Gasteiger partial charge in [-0.1, -0.05) is 71.8 Å². The normalized spacial score (nSPS) is 15.7. The number of hydrogen-bond acceptors (Lipinski definition) is 4.